The van der Waals surface area contributed by atoms with Crippen LogP contribution in [0.3, 0.4) is 0 Å². The zero-order valence-electron chi connectivity index (χ0n) is 11.2. The van der Waals surface area contributed by atoms with E-state index in [1.54, 1.807) is 0 Å². The van der Waals surface area contributed by atoms with Gasteiger partial charge in [0.05, 0.1) is 6.42 Å². The molecule has 0 aliphatic rings. The van der Waals surface area contributed by atoms with E-state index in [0.29, 0.717) is 6.54 Å². The Hall–Kier alpha value is -1.75. The summed E-state index contributed by atoms with van der Waals surface area (Å²) in [5.41, 5.74) is 2.12. The lowest BCUT2D eigenvalue weighted by Crippen LogP contribution is -2.25. The van der Waals surface area contributed by atoms with Gasteiger partial charge in [0.1, 0.15) is 0 Å². The molecule has 1 N–H and O–H groups in total. The summed E-state index contributed by atoms with van der Waals surface area (Å²) >= 11 is 3.37. The molecule has 5 heteroatoms. The monoisotopic (exact) mass is 353 g/mol. The molecule has 0 aromatic heterocycles. The smallest absolute Gasteiger partial charge is 0.224 e. The molecule has 1 amide bonds. The Bertz CT molecular complexity index is 646. The van der Waals surface area contributed by atoms with E-state index in [-0.39, 0.29) is 17.9 Å². The number of amides is 1. The summed E-state index contributed by atoms with van der Waals surface area (Å²) in [7, 11) is 0. The number of hydrogen-bond donors (Lipinski definition) is 1. The summed E-state index contributed by atoms with van der Waals surface area (Å²) in [6.45, 7) is 0.358. The van der Waals surface area contributed by atoms with Gasteiger partial charge in [-0.1, -0.05) is 52.3 Å². The third kappa shape index (κ3) is 4.36. The third-order valence-corrected chi connectivity index (χ3v) is 3.67. The van der Waals surface area contributed by atoms with Crippen molar-refractivity contribution in [3.8, 4) is 0 Å². The summed E-state index contributed by atoms with van der Waals surface area (Å²) in [5.74, 6) is -2.25. The van der Waals surface area contributed by atoms with Gasteiger partial charge in [-0.25, -0.2) is 8.78 Å². The number of nitrogens with one attached hydrogen (secondary N) is 1. The highest BCUT2D eigenvalue weighted by molar-refractivity contribution is 9.08. The van der Waals surface area contributed by atoms with E-state index in [4.69, 9.17) is 0 Å². The van der Waals surface area contributed by atoms with Gasteiger partial charge >= 0.3 is 0 Å². The molecule has 0 atom stereocenters. The molecule has 2 nitrogen and oxygen atoms in total. The number of hydrogen-bond acceptors (Lipinski definition) is 1. The fraction of sp³-hybridized carbons (Fsp3) is 0.188. The highest BCUT2D eigenvalue weighted by Crippen LogP contribution is 2.12. The Balaban J connectivity index is 1.94. The van der Waals surface area contributed by atoms with Crippen molar-refractivity contribution >= 4 is 21.8 Å². The summed E-state index contributed by atoms with van der Waals surface area (Å²) in [5, 5.41) is 3.44. The first kappa shape index (κ1) is 15.6. The van der Waals surface area contributed by atoms with Crippen molar-refractivity contribution in [2.75, 3.05) is 0 Å². The maximum atomic E-state index is 13.5. The van der Waals surface area contributed by atoms with Gasteiger partial charge in [-0.05, 0) is 17.2 Å². The topological polar surface area (TPSA) is 29.1 Å². The molecule has 0 saturated heterocycles. The van der Waals surface area contributed by atoms with Gasteiger partial charge in [-0.15, -0.1) is 0 Å². The Morgan fingerprint density at radius 1 is 1.10 bits per heavy atom. The predicted octanol–water partition coefficient (Wildman–Crippen LogP) is 3.72. The van der Waals surface area contributed by atoms with E-state index in [1.165, 1.54) is 12.1 Å². The molecule has 0 radical (unpaired) electrons. The van der Waals surface area contributed by atoms with Crippen molar-refractivity contribution in [1.29, 1.82) is 0 Å². The lowest BCUT2D eigenvalue weighted by molar-refractivity contribution is -0.120. The first-order valence-electron chi connectivity index (χ1n) is 6.43. The van der Waals surface area contributed by atoms with E-state index in [2.05, 4.69) is 21.2 Å². The highest BCUT2D eigenvalue weighted by atomic mass is 79.9. The lowest BCUT2D eigenvalue weighted by Gasteiger charge is -2.07. The van der Waals surface area contributed by atoms with E-state index in [9.17, 15) is 13.6 Å². The Morgan fingerprint density at radius 3 is 2.57 bits per heavy atom. The fourth-order valence-electron chi connectivity index (χ4n) is 1.94. The summed E-state index contributed by atoms with van der Waals surface area (Å²) in [6.07, 6.45) is -0.179. The fourth-order valence-corrected chi connectivity index (χ4v) is 2.29. The maximum absolute atomic E-state index is 13.5. The number of alkyl halides is 1. The molecular formula is C16H14BrF2NO. The number of rotatable bonds is 5. The van der Waals surface area contributed by atoms with Gasteiger partial charge in [0.15, 0.2) is 11.6 Å². The van der Waals surface area contributed by atoms with Gasteiger partial charge in [0.25, 0.3) is 0 Å². The van der Waals surface area contributed by atoms with E-state index in [1.807, 2.05) is 24.3 Å². The second-order valence-corrected chi connectivity index (χ2v) is 5.18. The third-order valence-electron chi connectivity index (χ3n) is 3.02. The van der Waals surface area contributed by atoms with Crippen LogP contribution in [-0.2, 0) is 23.1 Å². The number of halogens is 3. The van der Waals surface area contributed by atoms with E-state index in [0.717, 1.165) is 22.5 Å². The molecule has 0 unspecified atom stereocenters. The van der Waals surface area contributed by atoms with Crippen LogP contribution in [0.4, 0.5) is 8.78 Å². The zero-order chi connectivity index (χ0) is 15.2. The molecule has 0 saturated carbocycles. The Labute approximate surface area is 130 Å². The molecule has 0 heterocycles. The SMILES string of the molecule is O=C(Cc1cccc(F)c1F)NCc1cccc(CBr)c1. The van der Waals surface area contributed by atoms with Crippen LogP contribution < -0.4 is 5.32 Å². The van der Waals surface area contributed by atoms with Crippen LogP contribution in [0.15, 0.2) is 42.5 Å². The highest BCUT2D eigenvalue weighted by Gasteiger charge is 2.11. The van der Waals surface area contributed by atoms with E-state index < -0.39 is 11.6 Å². The number of benzene rings is 2. The largest absolute Gasteiger partial charge is 0.352 e. The first-order valence-corrected chi connectivity index (χ1v) is 7.55. The maximum Gasteiger partial charge on any atom is 0.224 e. The summed E-state index contributed by atoms with van der Waals surface area (Å²) < 4.78 is 26.5. The van der Waals surface area contributed by atoms with Crippen molar-refractivity contribution in [2.24, 2.45) is 0 Å². The molecule has 2 aromatic rings. The standard InChI is InChI=1S/C16H14BrF2NO/c17-9-11-3-1-4-12(7-11)10-20-15(21)8-13-5-2-6-14(18)16(13)19/h1-7H,8-10H2,(H,20,21). The van der Waals surface area contributed by atoms with Crippen molar-refractivity contribution < 1.29 is 13.6 Å². The van der Waals surface area contributed by atoms with Crippen molar-refractivity contribution in [3.05, 3.63) is 70.8 Å². The van der Waals surface area contributed by atoms with Crippen LogP contribution in [0.1, 0.15) is 16.7 Å². The van der Waals surface area contributed by atoms with Crippen LogP contribution in [0, 0.1) is 11.6 Å². The zero-order valence-corrected chi connectivity index (χ0v) is 12.8. The Morgan fingerprint density at radius 2 is 1.81 bits per heavy atom. The van der Waals surface area contributed by atoms with Crippen LogP contribution in [0.2, 0.25) is 0 Å². The molecule has 0 spiro atoms. The van der Waals surface area contributed by atoms with Crippen molar-refractivity contribution in [2.45, 2.75) is 18.3 Å². The van der Waals surface area contributed by atoms with Crippen molar-refractivity contribution in [1.82, 2.24) is 5.32 Å². The normalized spacial score (nSPS) is 10.4. The minimum atomic E-state index is -0.964. The quantitative estimate of drug-likeness (QED) is 0.815. The van der Waals surface area contributed by atoms with Gasteiger partial charge in [0.2, 0.25) is 5.91 Å². The second-order valence-electron chi connectivity index (χ2n) is 4.62. The number of carbonyl (C=O) groups is 1. The van der Waals surface area contributed by atoms with Crippen LogP contribution in [0.5, 0.6) is 0 Å². The molecule has 21 heavy (non-hydrogen) atoms. The van der Waals surface area contributed by atoms with Gasteiger partial charge < -0.3 is 5.32 Å². The molecule has 0 aliphatic carbocycles. The average Bonchev–Trinajstić information content (AvgIpc) is 2.50. The predicted molar refractivity (Wildman–Crippen MR) is 81.0 cm³/mol. The molecule has 0 bridgehead atoms. The van der Waals surface area contributed by atoms with Crippen LogP contribution in [-0.4, -0.2) is 5.91 Å². The van der Waals surface area contributed by atoms with Crippen LogP contribution >= 0.6 is 15.9 Å². The molecule has 2 rings (SSSR count). The van der Waals surface area contributed by atoms with Crippen molar-refractivity contribution in [3.63, 3.8) is 0 Å². The van der Waals surface area contributed by atoms with Gasteiger partial charge in [0, 0.05) is 17.4 Å². The molecule has 0 aliphatic heterocycles. The first-order chi connectivity index (χ1) is 10.1. The average molecular weight is 354 g/mol. The summed E-state index contributed by atoms with van der Waals surface area (Å²) in [4.78, 5) is 11.8. The minimum Gasteiger partial charge on any atom is -0.352 e. The van der Waals surface area contributed by atoms with Gasteiger partial charge in [-0.3, -0.25) is 4.79 Å². The number of carbonyl (C=O) groups excluding carboxylic acids is 1. The second kappa shape index (κ2) is 7.31. The van der Waals surface area contributed by atoms with Crippen LogP contribution in [0.25, 0.3) is 0 Å². The van der Waals surface area contributed by atoms with Gasteiger partial charge in [-0.2, -0.15) is 0 Å². The Kier molecular flexibility index (Phi) is 5.44. The molecule has 110 valence electrons. The molecule has 0 fully saturated rings. The lowest BCUT2D eigenvalue weighted by atomic mass is 10.1. The minimum absolute atomic E-state index is 0.0571. The molecule has 2 aromatic carbocycles. The molecular weight excluding hydrogens is 340 g/mol. The summed E-state index contributed by atoms with van der Waals surface area (Å²) in [6, 6.07) is 11.6. The van der Waals surface area contributed by atoms with E-state index >= 15 is 0 Å².